The summed E-state index contributed by atoms with van der Waals surface area (Å²) in [6.07, 6.45) is 12.1. The molecule has 8 atom stereocenters. The van der Waals surface area contributed by atoms with Gasteiger partial charge in [-0.05, 0) is 122 Å². The maximum Gasteiger partial charge on any atom is 0.254 e. The minimum atomic E-state index is -0.0991. The second-order valence-corrected chi connectivity index (χ2v) is 15.9. The van der Waals surface area contributed by atoms with Crippen LogP contribution in [0.3, 0.4) is 0 Å². The van der Waals surface area contributed by atoms with Crippen molar-refractivity contribution in [1.82, 2.24) is 14.7 Å². The largest absolute Gasteiger partial charge is 0.393 e. The molecular formula is C41H61N3O3. The van der Waals surface area contributed by atoms with Crippen LogP contribution in [0.5, 0.6) is 0 Å². The van der Waals surface area contributed by atoms with E-state index in [-0.39, 0.29) is 29.9 Å². The van der Waals surface area contributed by atoms with Gasteiger partial charge in [-0.15, -0.1) is 0 Å². The van der Waals surface area contributed by atoms with Crippen molar-refractivity contribution in [2.45, 2.75) is 111 Å². The molecule has 2 amide bonds. The molecule has 2 aromatic carbocycles. The van der Waals surface area contributed by atoms with E-state index in [2.05, 4.69) is 31.7 Å². The Morgan fingerprint density at radius 2 is 1.55 bits per heavy atom. The highest BCUT2D eigenvalue weighted by molar-refractivity contribution is 6.00. The summed E-state index contributed by atoms with van der Waals surface area (Å²) in [5, 5.41) is 13.0. The van der Waals surface area contributed by atoms with E-state index >= 15 is 0 Å². The number of aliphatic hydroxyl groups excluding tert-OH is 1. The molecule has 0 spiro atoms. The molecule has 258 valence electrons. The van der Waals surface area contributed by atoms with Gasteiger partial charge in [0.15, 0.2) is 0 Å². The topological polar surface area (TPSA) is 64.1 Å². The van der Waals surface area contributed by atoms with Crippen LogP contribution in [-0.4, -0.2) is 83.0 Å². The van der Waals surface area contributed by atoms with E-state index in [1.165, 1.54) is 51.4 Å². The molecule has 6 heteroatoms. The van der Waals surface area contributed by atoms with Crippen molar-refractivity contribution in [2.75, 3.05) is 39.3 Å². The average molecular weight is 644 g/mol. The lowest BCUT2D eigenvalue weighted by Gasteiger charge is -2.62. The summed E-state index contributed by atoms with van der Waals surface area (Å²) in [6, 6.07) is 14.5. The summed E-state index contributed by atoms with van der Waals surface area (Å²) in [4.78, 5) is 33.5. The van der Waals surface area contributed by atoms with Crippen LogP contribution in [0.15, 0.2) is 42.5 Å². The lowest BCUT2D eigenvalue weighted by molar-refractivity contribution is -0.139. The number of rotatable bonds is 6. The van der Waals surface area contributed by atoms with Crippen molar-refractivity contribution >= 4 is 22.6 Å². The monoisotopic (exact) mass is 643 g/mol. The van der Waals surface area contributed by atoms with Crippen LogP contribution in [0, 0.1) is 34.5 Å². The number of carbonyl (C=O) groups excluding carboxylic acids is 2. The van der Waals surface area contributed by atoms with E-state index in [4.69, 9.17) is 0 Å². The van der Waals surface area contributed by atoms with E-state index in [9.17, 15) is 14.7 Å². The van der Waals surface area contributed by atoms with Crippen molar-refractivity contribution in [2.24, 2.45) is 34.5 Å². The minimum Gasteiger partial charge on any atom is -0.393 e. The molecule has 5 fully saturated rings. The predicted octanol–water partition coefficient (Wildman–Crippen LogP) is 7.63. The van der Waals surface area contributed by atoms with Crippen LogP contribution < -0.4 is 0 Å². The van der Waals surface area contributed by atoms with Crippen LogP contribution >= 0.6 is 0 Å². The maximum absolute atomic E-state index is 13.5. The Morgan fingerprint density at radius 1 is 0.851 bits per heavy atom. The third-order valence-electron chi connectivity index (χ3n) is 13.8. The van der Waals surface area contributed by atoms with Crippen LogP contribution in [0.1, 0.15) is 109 Å². The third-order valence-corrected chi connectivity index (χ3v) is 13.8. The highest BCUT2D eigenvalue weighted by Crippen LogP contribution is 2.66. The molecule has 0 radical (unpaired) electrons. The summed E-state index contributed by atoms with van der Waals surface area (Å²) in [6.45, 7) is 15.2. The molecular weight excluding hydrogens is 582 g/mol. The first-order valence-electron chi connectivity index (χ1n) is 19.2. The average Bonchev–Trinajstić information content (AvgIpc) is 3.41. The van der Waals surface area contributed by atoms with Gasteiger partial charge in [-0.3, -0.25) is 14.5 Å². The second-order valence-electron chi connectivity index (χ2n) is 15.9. The third kappa shape index (κ3) is 6.38. The number of piperazine rings is 1. The first-order valence-corrected chi connectivity index (χ1v) is 19.2. The molecule has 6 nitrogen and oxygen atoms in total. The molecule has 1 aliphatic heterocycles. The Morgan fingerprint density at radius 3 is 2.30 bits per heavy atom. The fourth-order valence-corrected chi connectivity index (χ4v) is 11.2. The number of benzene rings is 2. The van der Waals surface area contributed by atoms with E-state index in [0.29, 0.717) is 29.5 Å². The van der Waals surface area contributed by atoms with Crippen molar-refractivity contribution in [3.63, 3.8) is 0 Å². The van der Waals surface area contributed by atoms with Gasteiger partial charge >= 0.3 is 0 Å². The van der Waals surface area contributed by atoms with Crippen LogP contribution in [-0.2, 0) is 4.79 Å². The van der Waals surface area contributed by atoms with Crippen molar-refractivity contribution < 1.29 is 14.7 Å². The second kappa shape index (κ2) is 14.2. The standard InChI is InChI=1S/C39H55N3O3.C2H6/c1-4-19-42(37(45)29-10-9-27-7-5-6-8-28(27)24-29)26-36(44)41-22-20-40(21-23-41)31-13-11-30-12-14-32-33-15-16-35(43)38(33,2)18-17-34(32)39(30,3)25-31;1-2/h5-10,24,30-35,43H,4,11-23,25-26H2,1-3H3;1-2H3. The summed E-state index contributed by atoms with van der Waals surface area (Å²) in [7, 11) is 0. The van der Waals surface area contributed by atoms with E-state index in [0.717, 1.165) is 67.5 Å². The molecule has 47 heavy (non-hydrogen) atoms. The number of fused-ring (bicyclic) bond motifs is 6. The van der Waals surface area contributed by atoms with E-state index in [1.807, 2.05) is 55.1 Å². The zero-order valence-electron chi connectivity index (χ0n) is 29.9. The van der Waals surface area contributed by atoms with Gasteiger partial charge in [-0.1, -0.05) is 65.0 Å². The summed E-state index contributed by atoms with van der Waals surface area (Å²) in [5.41, 5.74) is 1.20. The Balaban J connectivity index is 0.00000190. The van der Waals surface area contributed by atoms with Gasteiger partial charge in [-0.2, -0.15) is 0 Å². The van der Waals surface area contributed by atoms with Crippen LogP contribution in [0.2, 0.25) is 0 Å². The molecule has 8 unspecified atom stereocenters. The number of hydrogen-bond acceptors (Lipinski definition) is 4. The summed E-state index contributed by atoms with van der Waals surface area (Å²) < 4.78 is 0. The van der Waals surface area contributed by atoms with Crippen molar-refractivity contribution in [3.8, 4) is 0 Å². The van der Waals surface area contributed by atoms with Gasteiger partial charge in [0.2, 0.25) is 5.91 Å². The van der Waals surface area contributed by atoms with Gasteiger partial charge in [0.1, 0.15) is 6.54 Å². The number of hydrogen-bond donors (Lipinski definition) is 1. The molecule has 2 aromatic rings. The molecule has 4 saturated carbocycles. The quantitative estimate of drug-likeness (QED) is 0.352. The Kier molecular flexibility index (Phi) is 10.4. The van der Waals surface area contributed by atoms with Crippen molar-refractivity contribution in [3.05, 3.63) is 48.0 Å². The highest BCUT2D eigenvalue weighted by Gasteiger charge is 2.60. The van der Waals surface area contributed by atoms with Crippen LogP contribution in [0.25, 0.3) is 10.8 Å². The zero-order valence-corrected chi connectivity index (χ0v) is 29.9. The first kappa shape index (κ1) is 34.4. The zero-order chi connectivity index (χ0) is 33.3. The molecule has 0 bridgehead atoms. The maximum atomic E-state index is 13.5. The molecule has 7 rings (SSSR count). The normalized spacial score (nSPS) is 35.2. The van der Waals surface area contributed by atoms with Gasteiger partial charge in [0.05, 0.1) is 6.10 Å². The molecule has 1 N–H and O–H groups in total. The lowest BCUT2D eigenvalue weighted by Crippen LogP contribution is -2.59. The molecule has 5 aliphatic rings. The SMILES string of the molecule is CC.CCCN(CC(=O)N1CCN(C2CCC3CCC4C5CCC(O)C5(C)CCC4C3(C)C2)CC1)C(=O)c1ccc2ccccc2c1. The molecule has 1 heterocycles. The fraction of sp³-hybridized carbons (Fsp3) is 0.707. The van der Waals surface area contributed by atoms with Gasteiger partial charge in [-0.25, -0.2) is 0 Å². The Bertz CT molecular complexity index is 1400. The predicted molar refractivity (Wildman–Crippen MR) is 191 cm³/mol. The summed E-state index contributed by atoms with van der Waals surface area (Å²) >= 11 is 0. The molecule has 4 aliphatic carbocycles. The molecule has 0 aromatic heterocycles. The smallest absolute Gasteiger partial charge is 0.254 e. The van der Waals surface area contributed by atoms with Gasteiger partial charge in [0.25, 0.3) is 5.91 Å². The lowest BCUT2D eigenvalue weighted by atomic mass is 9.45. The number of amides is 2. The van der Waals surface area contributed by atoms with Gasteiger partial charge < -0.3 is 14.9 Å². The number of carbonyl (C=O) groups is 2. The van der Waals surface area contributed by atoms with E-state index < -0.39 is 0 Å². The van der Waals surface area contributed by atoms with Crippen LogP contribution in [0.4, 0.5) is 0 Å². The minimum absolute atomic E-state index is 0.0551. The summed E-state index contributed by atoms with van der Waals surface area (Å²) in [5.74, 6) is 3.17. The Labute approximate surface area is 284 Å². The fourth-order valence-electron chi connectivity index (χ4n) is 11.2. The number of aliphatic hydroxyl groups is 1. The molecule has 1 saturated heterocycles. The van der Waals surface area contributed by atoms with E-state index in [1.54, 1.807) is 4.90 Å². The highest BCUT2D eigenvalue weighted by atomic mass is 16.3. The van der Waals surface area contributed by atoms with Crippen molar-refractivity contribution in [1.29, 1.82) is 0 Å². The first-order chi connectivity index (χ1) is 22.7. The Hall–Kier alpha value is -2.44. The number of nitrogens with zero attached hydrogens (tertiary/aromatic N) is 3. The van der Waals surface area contributed by atoms with Gasteiger partial charge in [0, 0.05) is 44.3 Å².